The number of hydrogen-bond acceptors (Lipinski definition) is 2. The predicted molar refractivity (Wildman–Crippen MR) is 81.4 cm³/mol. The molecule has 1 aliphatic rings. The van der Waals surface area contributed by atoms with Crippen molar-refractivity contribution in [2.45, 2.75) is 18.9 Å². The summed E-state index contributed by atoms with van der Waals surface area (Å²) in [6.45, 7) is 0.688. The molecule has 2 aromatic rings. The van der Waals surface area contributed by atoms with Crippen molar-refractivity contribution in [1.82, 2.24) is 4.90 Å². The number of hydrogen-bond donors (Lipinski definition) is 0. The van der Waals surface area contributed by atoms with Crippen LogP contribution in [0.15, 0.2) is 40.2 Å². The van der Waals surface area contributed by atoms with Gasteiger partial charge < -0.3 is 4.90 Å². The summed E-state index contributed by atoms with van der Waals surface area (Å²) in [4.78, 5) is 15.5. The Morgan fingerprint density at radius 1 is 1.47 bits per heavy atom. The van der Waals surface area contributed by atoms with Crippen LogP contribution >= 0.6 is 27.3 Å². The second kappa shape index (κ2) is 5.10. The lowest BCUT2D eigenvalue weighted by Gasteiger charge is -2.32. The average Bonchev–Trinajstić information content (AvgIpc) is 2.76. The maximum atomic E-state index is 12.4. The van der Waals surface area contributed by atoms with Gasteiger partial charge in [0.15, 0.2) is 0 Å². The van der Waals surface area contributed by atoms with E-state index >= 15 is 0 Å². The molecule has 0 radical (unpaired) electrons. The van der Waals surface area contributed by atoms with Gasteiger partial charge in [-0.25, -0.2) is 0 Å². The summed E-state index contributed by atoms with van der Waals surface area (Å²) in [5.74, 6) is 0.285. The Hall–Kier alpha value is -1.13. The summed E-state index contributed by atoms with van der Waals surface area (Å²) in [6.07, 6.45) is 0.882. The number of halogens is 1. The summed E-state index contributed by atoms with van der Waals surface area (Å²) in [5.41, 5.74) is 2.51. The maximum absolute atomic E-state index is 12.4. The fraction of sp³-hybridized carbons (Fsp3) is 0.267. The lowest BCUT2D eigenvalue weighted by Crippen LogP contribution is -2.36. The van der Waals surface area contributed by atoms with Crippen LogP contribution in [0.2, 0.25) is 0 Å². The normalized spacial score (nSPS) is 16.6. The molecule has 1 aromatic heterocycles. The molecule has 4 heteroatoms. The number of likely N-dealkylation sites (N-methyl/N-ethyl adjacent to an activating group) is 1. The van der Waals surface area contributed by atoms with Gasteiger partial charge in [-0.15, -0.1) is 11.3 Å². The van der Waals surface area contributed by atoms with Crippen LogP contribution in [0.1, 0.15) is 21.9 Å². The zero-order chi connectivity index (χ0) is 13.4. The highest BCUT2D eigenvalue weighted by atomic mass is 79.9. The van der Waals surface area contributed by atoms with Crippen molar-refractivity contribution in [2.75, 3.05) is 7.05 Å². The number of nitrogens with zero attached hydrogens (tertiary/aromatic N) is 1. The van der Waals surface area contributed by atoms with Gasteiger partial charge in [0, 0.05) is 21.8 Å². The van der Waals surface area contributed by atoms with Gasteiger partial charge in [0.2, 0.25) is 5.91 Å². The third-order valence-corrected chi connectivity index (χ3v) is 5.23. The van der Waals surface area contributed by atoms with Crippen molar-refractivity contribution in [3.8, 4) is 0 Å². The predicted octanol–water partition coefficient (Wildman–Crippen LogP) is 3.81. The minimum Gasteiger partial charge on any atom is -0.340 e. The van der Waals surface area contributed by atoms with Crippen LogP contribution in [0.4, 0.5) is 0 Å². The standard InChI is InChI=1S/C15H14BrNOS/c1-17(8-12-7-11(16)9-19-12)15(18)14-6-10-4-2-3-5-13(10)14/h2-5,7,9,14H,6,8H2,1H3. The van der Waals surface area contributed by atoms with E-state index in [0.29, 0.717) is 6.54 Å². The Bertz CT molecular complexity index is 622. The molecule has 1 unspecified atom stereocenters. The Morgan fingerprint density at radius 3 is 2.95 bits per heavy atom. The summed E-state index contributed by atoms with van der Waals surface area (Å²) in [7, 11) is 1.89. The van der Waals surface area contributed by atoms with E-state index in [1.165, 1.54) is 16.0 Å². The van der Waals surface area contributed by atoms with Crippen LogP contribution in [-0.2, 0) is 17.8 Å². The molecule has 0 spiro atoms. The molecule has 2 nitrogen and oxygen atoms in total. The molecule has 0 aliphatic heterocycles. The van der Waals surface area contributed by atoms with Gasteiger partial charge in [0.25, 0.3) is 0 Å². The minimum absolute atomic E-state index is 0.0598. The molecular formula is C15H14BrNOS. The molecule has 98 valence electrons. The molecule has 3 rings (SSSR count). The molecule has 19 heavy (non-hydrogen) atoms. The zero-order valence-electron chi connectivity index (χ0n) is 10.6. The summed E-state index contributed by atoms with van der Waals surface area (Å²) in [6, 6.07) is 10.3. The molecule has 0 fully saturated rings. The topological polar surface area (TPSA) is 20.3 Å². The second-order valence-electron chi connectivity index (χ2n) is 4.88. The van der Waals surface area contributed by atoms with Crippen LogP contribution in [0.25, 0.3) is 0 Å². The Labute approximate surface area is 125 Å². The van der Waals surface area contributed by atoms with Gasteiger partial charge in [-0.3, -0.25) is 4.79 Å². The molecule has 1 heterocycles. The number of fused-ring (bicyclic) bond motifs is 1. The van der Waals surface area contributed by atoms with Gasteiger partial charge in [0.1, 0.15) is 0 Å². The summed E-state index contributed by atoms with van der Waals surface area (Å²) in [5, 5.41) is 2.05. The van der Waals surface area contributed by atoms with E-state index in [9.17, 15) is 4.79 Å². The van der Waals surface area contributed by atoms with Crippen LogP contribution in [-0.4, -0.2) is 17.9 Å². The van der Waals surface area contributed by atoms with Gasteiger partial charge in [0.05, 0.1) is 12.5 Å². The molecule has 1 amide bonds. The van der Waals surface area contributed by atoms with E-state index < -0.39 is 0 Å². The Balaban J connectivity index is 1.69. The van der Waals surface area contributed by atoms with Crippen LogP contribution in [0.3, 0.4) is 0 Å². The molecular weight excluding hydrogens is 322 g/mol. The van der Waals surface area contributed by atoms with E-state index in [-0.39, 0.29) is 11.8 Å². The Kier molecular flexibility index (Phi) is 3.46. The van der Waals surface area contributed by atoms with E-state index in [4.69, 9.17) is 0 Å². The smallest absolute Gasteiger partial charge is 0.230 e. The quantitative estimate of drug-likeness (QED) is 0.835. The Morgan fingerprint density at radius 2 is 2.26 bits per heavy atom. The van der Waals surface area contributed by atoms with E-state index in [2.05, 4.69) is 34.1 Å². The van der Waals surface area contributed by atoms with Crippen LogP contribution < -0.4 is 0 Å². The second-order valence-corrected chi connectivity index (χ2v) is 6.79. The number of benzene rings is 1. The van der Waals surface area contributed by atoms with Gasteiger partial charge in [-0.2, -0.15) is 0 Å². The summed E-state index contributed by atoms with van der Waals surface area (Å²) < 4.78 is 1.09. The largest absolute Gasteiger partial charge is 0.340 e. The highest BCUT2D eigenvalue weighted by molar-refractivity contribution is 9.10. The molecule has 1 aliphatic carbocycles. The third kappa shape index (κ3) is 2.47. The number of rotatable bonds is 3. The minimum atomic E-state index is 0.0598. The first-order chi connectivity index (χ1) is 9.15. The van der Waals surface area contributed by atoms with Gasteiger partial charge in [-0.05, 0) is 39.5 Å². The SMILES string of the molecule is CN(Cc1cc(Br)cs1)C(=O)C1Cc2ccccc21. The monoisotopic (exact) mass is 335 g/mol. The van der Waals surface area contributed by atoms with E-state index in [1.54, 1.807) is 11.3 Å². The van der Waals surface area contributed by atoms with Gasteiger partial charge in [-0.1, -0.05) is 24.3 Å². The van der Waals surface area contributed by atoms with Crippen LogP contribution in [0.5, 0.6) is 0 Å². The van der Waals surface area contributed by atoms with Crippen molar-refractivity contribution in [1.29, 1.82) is 0 Å². The lowest BCUT2D eigenvalue weighted by atomic mass is 9.77. The fourth-order valence-electron chi connectivity index (χ4n) is 2.49. The fourth-order valence-corrected chi connectivity index (χ4v) is 4.00. The maximum Gasteiger partial charge on any atom is 0.230 e. The first-order valence-electron chi connectivity index (χ1n) is 6.21. The van der Waals surface area contributed by atoms with E-state index in [1.807, 2.05) is 29.5 Å². The van der Waals surface area contributed by atoms with Crippen LogP contribution in [0, 0.1) is 0 Å². The van der Waals surface area contributed by atoms with E-state index in [0.717, 1.165) is 10.9 Å². The zero-order valence-corrected chi connectivity index (χ0v) is 13.0. The van der Waals surface area contributed by atoms with Crippen molar-refractivity contribution in [3.05, 3.63) is 56.2 Å². The molecule has 1 atom stereocenters. The van der Waals surface area contributed by atoms with Crippen molar-refractivity contribution >= 4 is 33.2 Å². The molecule has 0 saturated heterocycles. The molecule has 0 N–H and O–H groups in total. The number of carbonyl (C=O) groups excluding carboxylic acids is 1. The third-order valence-electron chi connectivity index (χ3n) is 3.54. The molecule has 1 aromatic carbocycles. The number of amides is 1. The van der Waals surface area contributed by atoms with Crippen molar-refractivity contribution < 1.29 is 4.79 Å². The lowest BCUT2D eigenvalue weighted by molar-refractivity contribution is -0.132. The number of carbonyl (C=O) groups is 1. The molecule has 0 bridgehead atoms. The molecule has 0 saturated carbocycles. The highest BCUT2D eigenvalue weighted by Crippen LogP contribution is 2.36. The van der Waals surface area contributed by atoms with Gasteiger partial charge >= 0.3 is 0 Å². The summed E-state index contributed by atoms with van der Waals surface area (Å²) >= 11 is 5.12. The number of thiophene rings is 1. The highest BCUT2D eigenvalue weighted by Gasteiger charge is 2.33. The first kappa shape index (κ1) is 12.9. The van der Waals surface area contributed by atoms with Crippen molar-refractivity contribution in [3.63, 3.8) is 0 Å². The average molecular weight is 336 g/mol. The van der Waals surface area contributed by atoms with Crippen molar-refractivity contribution in [2.24, 2.45) is 0 Å². The first-order valence-corrected chi connectivity index (χ1v) is 7.88.